The summed E-state index contributed by atoms with van der Waals surface area (Å²) in [5.41, 5.74) is -0.570. The first-order valence-corrected chi connectivity index (χ1v) is 6.74. The van der Waals surface area contributed by atoms with Gasteiger partial charge in [-0.1, -0.05) is 23.7 Å². The minimum atomic E-state index is -1.19. The fourth-order valence-corrected chi connectivity index (χ4v) is 2.22. The number of carbonyl (C=O) groups is 3. The molecule has 1 aromatic rings. The van der Waals surface area contributed by atoms with Crippen LogP contribution in [0.25, 0.3) is 0 Å². The molecule has 0 spiro atoms. The summed E-state index contributed by atoms with van der Waals surface area (Å²) < 4.78 is 0. The summed E-state index contributed by atoms with van der Waals surface area (Å²) in [6, 6.07) is 6.08. The van der Waals surface area contributed by atoms with Crippen molar-refractivity contribution in [2.24, 2.45) is 0 Å². The number of carbonyl (C=O) groups excluding carboxylic acids is 3. The molecule has 1 saturated heterocycles. The van der Waals surface area contributed by atoms with Crippen molar-refractivity contribution in [1.29, 1.82) is 0 Å². The van der Waals surface area contributed by atoms with Crippen LogP contribution in [0, 0.1) is 0 Å². The van der Waals surface area contributed by atoms with Crippen LogP contribution >= 0.6 is 11.6 Å². The van der Waals surface area contributed by atoms with Gasteiger partial charge in [-0.25, -0.2) is 4.79 Å². The Hall–Kier alpha value is -2.08. The van der Waals surface area contributed by atoms with Crippen molar-refractivity contribution in [3.05, 3.63) is 34.9 Å². The molecule has 1 aliphatic rings. The fraction of sp³-hybridized carbons (Fsp3) is 0.357. The highest BCUT2D eigenvalue weighted by Gasteiger charge is 2.49. The number of benzene rings is 1. The molecule has 21 heavy (non-hydrogen) atoms. The van der Waals surface area contributed by atoms with E-state index in [2.05, 4.69) is 5.32 Å². The molecular formula is C14H16ClN3O3. The average Bonchev–Trinajstić information content (AvgIpc) is 2.63. The molecule has 1 N–H and O–H groups in total. The Morgan fingerprint density at radius 2 is 1.86 bits per heavy atom. The van der Waals surface area contributed by atoms with Crippen LogP contribution in [0.3, 0.4) is 0 Å². The van der Waals surface area contributed by atoms with Gasteiger partial charge in [0.05, 0.1) is 0 Å². The molecule has 0 saturated carbocycles. The van der Waals surface area contributed by atoms with E-state index in [9.17, 15) is 14.4 Å². The van der Waals surface area contributed by atoms with Gasteiger partial charge in [-0.05, 0) is 24.6 Å². The number of nitrogens with one attached hydrogen (secondary N) is 1. The lowest BCUT2D eigenvalue weighted by molar-refractivity contribution is -0.137. The Bertz CT molecular complexity index is 600. The smallest absolute Gasteiger partial charge is 0.325 e. The molecule has 1 fully saturated rings. The SMILES string of the molecule is CN(C)C(=O)CN1C(=O)N[C@](C)(c2ccc(Cl)cc2)C1=O. The number of urea groups is 1. The van der Waals surface area contributed by atoms with Crippen molar-refractivity contribution in [2.45, 2.75) is 12.5 Å². The molecule has 6 nitrogen and oxygen atoms in total. The van der Waals surface area contributed by atoms with Gasteiger partial charge in [-0.15, -0.1) is 0 Å². The summed E-state index contributed by atoms with van der Waals surface area (Å²) >= 11 is 5.83. The molecular weight excluding hydrogens is 294 g/mol. The molecule has 7 heteroatoms. The highest BCUT2D eigenvalue weighted by atomic mass is 35.5. The zero-order chi connectivity index (χ0) is 15.8. The minimum absolute atomic E-state index is 0.277. The summed E-state index contributed by atoms with van der Waals surface area (Å²) in [4.78, 5) is 38.5. The predicted molar refractivity (Wildman–Crippen MR) is 77.7 cm³/mol. The summed E-state index contributed by atoms with van der Waals surface area (Å²) in [5.74, 6) is -0.774. The van der Waals surface area contributed by atoms with Gasteiger partial charge in [-0.2, -0.15) is 0 Å². The van der Waals surface area contributed by atoms with Gasteiger partial charge in [0.15, 0.2) is 0 Å². The van der Waals surface area contributed by atoms with Crippen molar-refractivity contribution in [1.82, 2.24) is 15.1 Å². The van der Waals surface area contributed by atoms with Crippen LogP contribution in [0.4, 0.5) is 4.79 Å². The molecule has 0 aliphatic carbocycles. The first kappa shape index (κ1) is 15.3. The van der Waals surface area contributed by atoms with Crippen LogP contribution in [-0.2, 0) is 15.1 Å². The standard InChI is InChI=1S/C14H16ClN3O3/c1-14(9-4-6-10(15)7-5-9)12(20)18(13(21)16-14)8-11(19)17(2)3/h4-7H,8H2,1-3H3,(H,16,21)/t14-/m1/s1. The Morgan fingerprint density at radius 3 is 2.38 bits per heavy atom. The maximum Gasteiger partial charge on any atom is 0.325 e. The molecule has 0 radical (unpaired) electrons. The Morgan fingerprint density at radius 1 is 1.29 bits per heavy atom. The number of nitrogens with zero attached hydrogens (tertiary/aromatic N) is 2. The Balaban J connectivity index is 2.28. The molecule has 112 valence electrons. The largest absolute Gasteiger partial charge is 0.347 e. The molecule has 2 rings (SSSR count). The van der Waals surface area contributed by atoms with E-state index in [0.29, 0.717) is 10.6 Å². The van der Waals surface area contributed by atoms with Crippen molar-refractivity contribution < 1.29 is 14.4 Å². The topological polar surface area (TPSA) is 69.7 Å². The highest BCUT2D eigenvalue weighted by Crippen LogP contribution is 2.29. The van der Waals surface area contributed by atoms with Crippen molar-refractivity contribution in [3.8, 4) is 0 Å². The molecule has 4 amide bonds. The van der Waals surface area contributed by atoms with Crippen LogP contribution in [-0.4, -0.2) is 48.3 Å². The number of hydrogen-bond acceptors (Lipinski definition) is 3. The van der Waals surface area contributed by atoms with Crippen molar-refractivity contribution in [2.75, 3.05) is 20.6 Å². The van der Waals surface area contributed by atoms with E-state index in [1.54, 1.807) is 45.3 Å². The van der Waals surface area contributed by atoms with E-state index in [1.807, 2.05) is 0 Å². The van der Waals surface area contributed by atoms with Gasteiger partial charge >= 0.3 is 6.03 Å². The summed E-state index contributed by atoms with van der Waals surface area (Å²) in [6.07, 6.45) is 0. The number of imide groups is 1. The van der Waals surface area contributed by atoms with Gasteiger partial charge in [0.1, 0.15) is 12.1 Å². The zero-order valence-corrected chi connectivity index (χ0v) is 12.8. The lowest BCUT2D eigenvalue weighted by Crippen LogP contribution is -2.43. The van der Waals surface area contributed by atoms with E-state index in [1.165, 1.54) is 4.90 Å². The highest BCUT2D eigenvalue weighted by molar-refractivity contribution is 6.30. The number of hydrogen-bond donors (Lipinski definition) is 1. The lowest BCUT2D eigenvalue weighted by Gasteiger charge is -2.22. The molecule has 1 aliphatic heterocycles. The fourth-order valence-electron chi connectivity index (χ4n) is 2.10. The van der Waals surface area contributed by atoms with Crippen LogP contribution in [0.5, 0.6) is 0 Å². The van der Waals surface area contributed by atoms with Crippen LogP contribution < -0.4 is 5.32 Å². The monoisotopic (exact) mass is 309 g/mol. The maximum absolute atomic E-state index is 12.5. The van der Waals surface area contributed by atoms with Gasteiger partial charge < -0.3 is 10.2 Å². The number of amides is 4. The van der Waals surface area contributed by atoms with Gasteiger partial charge in [0.25, 0.3) is 5.91 Å². The number of likely N-dealkylation sites (N-methyl/N-ethyl adjacent to an activating group) is 1. The van der Waals surface area contributed by atoms with Crippen LogP contribution in [0.1, 0.15) is 12.5 Å². The van der Waals surface area contributed by atoms with Crippen molar-refractivity contribution in [3.63, 3.8) is 0 Å². The molecule has 0 unspecified atom stereocenters. The van der Waals surface area contributed by atoms with E-state index < -0.39 is 17.5 Å². The Labute approximate surface area is 127 Å². The molecule has 1 heterocycles. The zero-order valence-electron chi connectivity index (χ0n) is 12.0. The first-order valence-electron chi connectivity index (χ1n) is 6.36. The predicted octanol–water partition coefficient (Wildman–Crippen LogP) is 1.20. The first-order chi connectivity index (χ1) is 9.75. The van der Waals surface area contributed by atoms with Crippen LogP contribution in [0.15, 0.2) is 24.3 Å². The van der Waals surface area contributed by atoms with Gasteiger partial charge in [0.2, 0.25) is 5.91 Å². The second-order valence-corrected chi connectivity index (χ2v) is 5.68. The maximum atomic E-state index is 12.5. The van der Waals surface area contributed by atoms with E-state index in [0.717, 1.165) is 4.90 Å². The molecule has 1 aromatic carbocycles. The summed E-state index contributed by atoms with van der Waals surface area (Å²) in [5, 5.41) is 3.17. The molecule has 0 bridgehead atoms. The van der Waals surface area contributed by atoms with Gasteiger partial charge in [0, 0.05) is 19.1 Å². The van der Waals surface area contributed by atoms with Crippen molar-refractivity contribution >= 4 is 29.4 Å². The van der Waals surface area contributed by atoms with E-state index >= 15 is 0 Å². The second-order valence-electron chi connectivity index (χ2n) is 5.24. The molecule has 0 aromatic heterocycles. The molecule has 1 atom stereocenters. The van der Waals surface area contributed by atoms with Crippen LogP contribution in [0.2, 0.25) is 5.02 Å². The average molecular weight is 310 g/mol. The van der Waals surface area contributed by atoms with E-state index in [4.69, 9.17) is 11.6 Å². The number of rotatable bonds is 3. The lowest BCUT2D eigenvalue weighted by atomic mass is 9.92. The summed E-state index contributed by atoms with van der Waals surface area (Å²) in [6.45, 7) is 1.33. The third kappa shape index (κ3) is 2.71. The third-order valence-electron chi connectivity index (χ3n) is 3.49. The number of halogens is 1. The summed E-state index contributed by atoms with van der Waals surface area (Å²) in [7, 11) is 3.14. The van der Waals surface area contributed by atoms with Gasteiger partial charge in [-0.3, -0.25) is 14.5 Å². The quantitative estimate of drug-likeness (QED) is 0.853. The normalized spacial score (nSPS) is 21.4. The minimum Gasteiger partial charge on any atom is -0.347 e. The third-order valence-corrected chi connectivity index (χ3v) is 3.74. The van der Waals surface area contributed by atoms with E-state index in [-0.39, 0.29) is 12.5 Å². The second kappa shape index (κ2) is 5.37. The Kier molecular flexibility index (Phi) is 3.91.